The number of ether oxygens (including phenoxy) is 1. The molecule has 33 heavy (non-hydrogen) atoms. The quantitative estimate of drug-likeness (QED) is 0.232. The molecule has 0 saturated heterocycles. The lowest BCUT2D eigenvalue weighted by atomic mass is 10.0. The molecule has 0 bridgehead atoms. The lowest BCUT2D eigenvalue weighted by Gasteiger charge is -2.13. The van der Waals surface area contributed by atoms with E-state index in [-0.39, 0.29) is 5.57 Å². The van der Waals surface area contributed by atoms with Crippen LogP contribution in [0.3, 0.4) is 0 Å². The van der Waals surface area contributed by atoms with E-state index in [4.69, 9.17) is 4.74 Å². The molecular formula is C27H18BrFN2O2. The minimum atomic E-state index is -0.587. The van der Waals surface area contributed by atoms with Crippen molar-refractivity contribution in [2.45, 2.75) is 6.61 Å². The Balaban J connectivity index is 1.68. The standard InChI is InChI=1S/C27H18BrFN2O2/c28-21-8-5-18(6-9-21)17-33-26-14-7-19-3-1-2-4-24(19)25(26)15-20(16-30)27(32)31-23-12-10-22(29)11-13-23/h1-15H,17H2,(H,31,32)/b20-15+. The second-order valence-corrected chi connectivity index (χ2v) is 8.16. The molecule has 0 saturated carbocycles. The molecular weight excluding hydrogens is 483 g/mol. The molecule has 0 aliphatic rings. The van der Waals surface area contributed by atoms with E-state index in [0.29, 0.717) is 23.6 Å². The third-order valence-electron chi connectivity index (χ3n) is 4.99. The average Bonchev–Trinajstić information content (AvgIpc) is 2.84. The van der Waals surface area contributed by atoms with E-state index in [9.17, 15) is 14.4 Å². The van der Waals surface area contributed by atoms with Gasteiger partial charge >= 0.3 is 0 Å². The predicted octanol–water partition coefficient (Wildman–Crippen LogP) is 6.87. The van der Waals surface area contributed by atoms with Crippen LogP contribution in [-0.4, -0.2) is 5.91 Å². The minimum Gasteiger partial charge on any atom is -0.488 e. The Morgan fingerprint density at radius 2 is 1.73 bits per heavy atom. The molecule has 0 aliphatic heterocycles. The summed E-state index contributed by atoms with van der Waals surface area (Å²) in [5.74, 6) is -0.442. The van der Waals surface area contributed by atoms with Crippen molar-refractivity contribution in [3.8, 4) is 11.8 Å². The molecule has 4 aromatic rings. The van der Waals surface area contributed by atoms with Gasteiger partial charge in [0.15, 0.2) is 0 Å². The van der Waals surface area contributed by atoms with Gasteiger partial charge in [0.1, 0.15) is 29.8 Å². The Morgan fingerprint density at radius 3 is 2.45 bits per heavy atom. The van der Waals surface area contributed by atoms with Crippen molar-refractivity contribution in [2.24, 2.45) is 0 Å². The minimum absolute atomic E-state index is 0.0934. The molecule has 0 aromatic heterocycles. The molecule has 0 fully saturated rings. The lowest BCUT2D eigenvalue weighted by molar-refractivity contribution is -0.112. The third kappa shape index (κ3) is 5.46. The van der Waals surface area contributed by atoms with Crippen molar-refractivity contribution in [1.82, 2.24) is 0 Å². The Labute approximate surface area is 199 Å². The van der Waals surface area contributed by atoms with Crippen molar-refractivity contribution in [2.75, 3.05) is 5.32 Å². The van der Waals surface area contributed by atoms with Gasteiger partial charge in [0.2, 0.25) is 0 Å². The maximum Gasteiger partial charge on any atom is 0.266 e. The van der Waals surface area contributed by atoms with Crippen LogP contribution >= 0.6 is 15.9 Å². The molecule has 0 spiro atoms. The van der Waals surface area contributed by atoms with Crippen LogP contribution in [0.25, 0.3) is 16.8 Å². The van der Waals surface area contributed by atoms with Gasteiger partial charge in [-0.05, 0) is 64.9 Å². The van der Waals surface area contributed by atoms with Crippen LogP contribution in [0, 0.1) is 17.1 Å². The van der Waals surface area contributed by atoms with Gasteiger partial charge in [0.25, 0.3) is 5.91 Å². The van der Waals surface area contributed by atoms with Gasteiger partial charge < -0.3 is 10.1 Å². The number of fused-ring (bicyclic) bond motifs is 1. The van der Waals surface area contributed by atoms with E-state index in [1.54, 1.807) is 0 Å². The first-order valence-electron chi connectivity index (χ1n) is 10.1. The van der Waals surface area contributed by atoms with Crippen molar-refractivity contribution in [1.29, 1.82) is 5.26 Å². The first-order chi connectivity index (χ1) is 16.0. The molecule has 162 valence electrons. The number of hydrogen-bond acceptors (Lipinski definition) is 3. The van der Waals surface area contributed by atoms with Crippen LogP contribution in [-0.2, 0) is 11.4 Å². The Bertz CT molecular complexity index is 1370. The fraction of sp³-hybridized carbons (Fsp3) is 0.0370. The number of halogens is 2. The van der Waals surface area contributed by atoms with Crippen molar-refractivity contribution < 1.29 is 13.9 Å². The summed E-state index contributed by atoms with van der Waals surface area (Å²) in [4.78, 5) is 12.8. The molecule has 4 rings (SSSR count). The number of amides is 1. The Hall–Kier alpha value is -3.95. The van der Waals surface area contributed by atoms with E-state index >= 15 is 0 Å². The average molecular weight is 501 g/mol. The van der Waals surface area contributed by atoms with Gasteiger partial charge in [-0.3, -0.25) is 4.79 Å². The fourth-order valence-electron chi connectivity index (χ4n) is 3.32. The van der Waals surface area contributed by atoms with Crippen molar-refractivity contribution >= 4 is 44.4 Å². The van der Waals surface area contributed by atoms with Gasteiger partial charge in [0.05, 0.1) is 0 Å². The summed E-state index contributed by atoms with van der Waals surface area (Å²) < 4.78 is 20.2. The zero-order valence-electron chi connectivity index (χ0n) is 17.4. The number of rotatable bonds is 6. The van der Waals surface area contributed by atoms with E-state index in [0.717, 1.165) is 20.8 Å². The number of benzene rings is 4. The SMILES string of the molecule is N#C/C(=C\c1c(OCc2ccc(Br)cc2)ccc2ccccc12)C(=O)Nc1ccc(F)cc1. The molecule has 4 aromatic carbocycles. The maximum atomic E-state index is 13.2. The number of hydrogen-bond donors (Lipinski definition) is 1. The molecule has 4 nitrogen and oxygen atoms in total. The number of carbonyl (C=O) groups is 1. The summed E-state index contributed by atoms with van der Waals surface area (Å²) in [6, 6.07) is 26.6. The summed E-state index contributed by atoms with van der Waals surface area (Å²) in [7, 11) is 0. The summed E-state index contributed by atoms with van der Waals surface area (Å²) in [5, 5.41) is 14.1. The van der Waals surface area contributed by atoms with Gasteiger partial charge in [-0.15, -0.1) is 0 Å². The highest BCUT2D eigenvalue weighted by Crippen LogP contribution is 2.31. The van der Waals surface area contributed by atoms with E-state index < -0.39 is 11.7 Å². The van der Waals surface area contributed by atoms with Crippen LogP contribution in [0.4, 0.5) is 10.1 Å². The van der Waals surface area contributed by atoms with E-state index in [1.165, 1.54) is 30.3 Å². The zero-order chi connectivity index (χ0) is 23.2. The second-order valence-electron chi connectivity index (χ2n) is 7.24. The molecule has 1 N–H and O–H groups in total. The monoisotopic (exact) mass is 500 g/mol. The smallest absolute Gasteiger partial charge is 0.266 e. The second kappa shape index (κ2) is 10.1. The fourth-order valence-corrected chi connectivity index (χ4v) is 3.58. The van der Waals surface area contributed by atoms with Crippen LogP contribution in [0.2, 0.25) is 0 Å². The van der Waals surface area contributed by atoms with Crippen LogP contribution < -0.4 is 10.1 Å². The number of nitrogens with zero attached hydrogens (tertiary/aromatic N) is 1. The first kappa shape index (κ1) is 22.3. The topological polar surface area (TPSA) is 62.1 Å². The van der Waals surface area contributed by atoms with Crippen LogP contribution in [0.5, 0.6) is 5.75 Å². The summed E-state index contributed by atoms with van der Waals surface area (Å²) in [6.07, 6.45) is 1.53. The zero-order valence-corrected chi connectivity index (χ0v) is 19.0. The molecule has 6 heteroatoms. The number of anilines is 1. The normalized spacial score (nSPS) is 11.1. The molecule has 0 atom stereocenters. The first-order valence-corrected chi connectivity index (χ1v) is 10.9. The van der Waals surface area contributed by atoms with Gasteiger partial charge in [0, 0.05) is 15.7 Å². The third-order valence-corrected chi connectivity index (χ3v) is 5.52. The maximum absolute atomic E-state index is 13.2. The van der Waals surface area contributed by atoms with Crippen LogP contribution in [0.1, 0.15) is 11.1 Å². The largest absolute Gasteiger partial charge is 0.488 e. The molecule has 0 heterocycles. The highest BCUT2D eigenvalue weighted by Gasteiger charge is 2.14. The molecule has 1 amide bonds. The number of nitrogens with one attached hydrogen (secondary N) is 1. The summed E-state index contributed by atoms with van der Waals surface area (Å²) >= 11 is 3.42. The Kier molecular flexibility index (Phi) is 6.82. The van der Waals surface area contributed by atoms with Crippen molar-refractivity contribution in [3.63, 3.8) is 0 Å². The highest BCUT2D eigenvalue weighted by molar-refractivity contribution is 9.10. The number of carbonyl (C=O) groups excluding carboxylic acids is 1. The molecule has 0 radical (unpaired) electrons. The Morgan fingerprint density at radius 1 is 1.00 bits per heavy atom. The molecule has 0 aliphatic carbocycles. The predicted molar refractivity (Wildman–Crippen MR) is 131 cm³/mol. The lowest BCUT2D eigenvalue weighted by Crippen LogP contribution is -2.13. The van der Waals surface area contributed by atoms with Gasteiger partial charge in [-0.25, -0.2) is 4.39 Å². The van der Waals surface area contributed by atoms with Gasteiger partial charge in [-0.2, -0.15) is 5.26 Å². The highest BCUT2D eigenvalue weighted by atomic mass is 79.9. The van der Waals surface area contributed by atoms with Crippen molar-refractivity contribution in [3.05, 3.63) is 112 Å². The van der Waals surface area contributed by atoms with E-state index in [1.807, 2.05) is 66.7 Å². The summed E-state index contributed by atoms with van der Waals surface area (Å²) in [6.45, 7) is 0.329. The summed E-state index contributed by atoms with van der Waals surface area (Å²) in [5.41, 5.74) is 1.92. The van der Waals surface area contributed by atoms with E-state index in [2.05, 4.69) is 21.2 Å². The molecule has 0 unspecified atom stereocenters. The van der Waals surface area contributed by atoms with Gasteiger partial charge in [-0.1, -0.05) is 58.4 Å². The number of nitriles is 1. The van der Waals surface area contributed by atoms with Crippen LogP contribution in [0.15, 0.2) is 95.0 Å².